The van der Waals surface area contributed by atoms with Gasteiger partial charge in [-0.1, -0.05) is 36.4 Å². The molecule has 15 heavy (non-hydrogen) atoms. The average Bonchev–Trinajstić information content (AvgIpc) is 2.27. The van der Waals surface area contributed by atoms with Gasteiger partial charge in [0, 0.05) is 0 Å². The molecule has 0 bridgehead atoms. The molecule has 0 heterocycles. The van der Waals surface area contributed by atoms with Crippen molar-refractivity contribution in [2.24, 2.45) is 0 Å². The summed E-state index contributed by atoms with van der Waals surface area (Å²) in [7, 11) is 0. The molecule has 0 aliphatic rings. The fourth-order valence-corrected chi connectivity index (χ4v) is 1.28. The normalized spacial score (nSPS) is 14.5. The van der Waals surface area contributed by atoms with Crippen LogP contribution in [0.3, 0.4) is 0 Å². The molecule has 0 radical (unpaired) electrons. The first-order valence-electron chi connectivity index (χ1n) is 5.18. The van der Waals surface area contributed by atoms with E-state index in [4.69, 9.17) is 4.74 Å². The van der Waals surface area contributed by atoms with E-state index in [-0.39, 0.29) is 6.10 Å². The molecule has 0 saturated heterocycles. The van der Waals surface area contributed by atoms with E-state index < -0.39 is 6.10 Å². The van der Waals surface area contributed by atoms with Gasteiger partial charge in [-0.05, 0) is 18.9 Å². The number of benzene rings is 1. The molecule has 0 saturated carbocycles. The third-order valence-corrected chi connectivity index (χ3v) is 2.31. The zero-order chi connectivity index (χ0) is 11.1. The van der Waals surface area contributed by atoms with E-state index in [1.165, 1.54) is 0 Å². The highest BCUT2D eigenvalue weighted by atomic mass is 16.5. The predicted molar refractivity (Wildman–Crippen MR) is 61.5 cm³/mol. The molecule has 1 N–H and O–H groups in total. The van der Waals surface area contributed by atoms with E-state index in [1.54, 1.807) is 6.08 Å². The molecule has 0 aromatic heterocycles. The van der Waals surface area contributed by atoms with Crippen LogP contribution in [0.15, 0.2) is 43.0 Å². The van der Waals surface area contributed by atoms with Crippen LogP contribution in [0.25, 0.3) is 0 Å². The first kappa shape index (κ1) is 12.0. The molecule has 1 aromatic carbocycles. The molecule has 2 heteroatoms. The van der Waals surface area contributed by atoms with E-state index in [0.29, 0.717) is 13.0 Å². The van der Waals surface area contributed by atoms with E-state index in [2.05, 4.69) is 6.58 Å². The van der Waals surface area contributed by atoms with Gasteiger partial charge in [-0.25, -0.2) is 0 Å². The summed E-state index contributed by atoms with van der Waals surface area (Å²) in [4.78, 5) is 0. The Hall–Kier alpha value is -1.12. The maximum Gasteiger partial charge on any atom is 0.0833 e. The first-order chi connectivity index (χ1) is 7.24. The van der Waals surface area contributed by atoms with Crippen molar-refractivity contribution in [1.29, 1.82) is 0 Å². The van der Waals surface area contributed by atoms with Crippen LogP contribution in [0.1, 0.15) is 18.9 Å². The lowest BCUT2D eigenvalue weighted by molar-refractivity contribution is -0.0333. The van der Waals surface area contributed by atoms with Gasteiger partial charge in [-0.3, -0.25) is 0 Å². The molecule has 0 spiro atoms. The minimum atomic E-state index is -0.466. The Morgan fingerprint density at radius 3 is 2.67 bits per heavy atom. The lowest BCUT2D eigenvalue weighted by Crippen LogP contribution is -2.25. The number of hydrogen-bond donors (Lipinski definition) is 1. The van der Waals surface area contributed by atoms with Gasteiger partial charge >= 0.3 is 0 Å². The van der Waals surface area contributed by atoms with Crippen molar-refractivity contribution in [3.63, 3.8) is 0 Å². The second-order valence-electron chi connectivity index (χ2n) is 3.59. The highest BCUT2D eigenvalue weighted by Crippen LogP contribution is 2.08. The number of ether oxygens (including phenoxy) is 1. The molecule has 0 fully saturated rings. The van der Waals surface area contributed by atoms with Crippen molar-refractivity contribution in [1.82, 2.24) is 0 Å². The van der Waals surface area contributed by atoms with Crippen LogP contribution in [0.4, 0.5) is 0 Å². The summed E-state index contributed by atoms with van der Waals surface area (Å²) in [6.45, 7) is 6.00. The number of rotatable bonds is 6. The van der Waals surface area contributed by atoms with Crippen LogP contribution in [0.2, 0.25) is 0 Å². The highest BCUT2D eigenvalue weighted by Gasteiger charge is 2.12. The zero-order valence-electron chi connectivity index (χ0n) is 9.10. The Bertz CT molecular complexity index is 282. The monoisotopic (exact) mass is 206 g/mol. The minimum absolute atomic E-state index is 0.164. The molecule has 2 unspecified atom stereocenters. The van der Waals surface area contributed by atoms with Crippen molar-refractivity contribution < 1.29 is 9.84 Å². The van der Waals surface area contributed by atoms with Crippen molar-refractivity contribution in [3.05, 3.63) is 48.6 Å². The van der Waals surface area contributed by atoms with Gasteiger partial charge in [0.2, 0.25) is 0 Å². The third-order valence-electron chi connectivity index (χ3n) is 2.31. The van der Waals surface area contributed by atoms with E-state index in [1.807, 2.05) is 37.3 Å². The van der Waals surface area contributed by atoms with Gasteiger partial charge in [-0.2, -0.15) is 0 Å². The average molecular weight is 206 g/mol. The maximum atomic E-state index is 9.60. The fourth-order valence-electron chi connectivity index (χ4n) is 1.28. The molecule has 82 valence electrons. The Kier molecular flexibility index (Phi) is 5.08. The molecule has 0 amide bonds. The van der Waals surface area contributed by atoms with E-state index in [0.717, 1.165) is 5.56 Å². The summed E-state index contributed by atoms with van der Waals surface area (Å²) < 4.78 is 5.54. The lowest BCUT2D eigenvalue weighted by atomic mass is 10.1. The molecule has 1 aromatic rings. The minimum Gasteiger partial charge on any atom is -0.390 e. The molecular formula is C13H18O2. The summed E-state index contributed by atoms with van der Waals surface area (Å²) >= 11 is 0. The zero-order valence-corrected chi connectivity index (χ0v) is 9.10. The van der Waals surface area contributed by atoms with Crippen LogP contribution in [-0.4, -0.2) is 17.3 Å². The van der Waals surface area contributed by atoms with Crippen molar-refractivity contribution in [3.8, 4) is 0 Å². The van der Waals surface area contributed by atoms with Crippen LogP contribution in [-0.2, 0) is 11.3 Å². The fraction of sp³-hybridized carbons (Fsp3) is 0.385. The van der Waals surface area contributed by atoms with Gasteiger partial charge in [0.25, 0.3) is 0 Å². The Morgan fingerprint density at radius 1 is 1.40 bits per heavy atom. The van der Waals surface area contributed by atoms with E-state index in [9.17, 15) is 5.11 Å². The standard InChI is InChI=1S/C13H18O2/c1-3-7-13(14)11(2)15-10-12-8-5-4-6-9-12/h3-6,8-9,11,13-14H,1,7,10H2,2H3. The lowest BCUT2D eigenvalue weighted by Gasteiger charge is -2.18. The second-order valence-corrected chi connectivity index (χ2v) is 3.59. The summed E-state index contributed by atoms with van der Waals surface area (Å²) in [5.41, 5.74) is 1.12. The van der Waals surface area contributed by atoms with Crippen LogP contribution in [0.5, 0.6) is 0 Å². The van der Waals surface area contributed by atoms with Gasteiger partial charge in [0.05, 0.1) is 18.8 Å². The smallest absolute Gasteiger partial charge is 0.0833 e. The summed E-state index contributed by atoms with van der Waals surface area (Å²) in [6.07, 6.45) is 1.64. The number of aliphatic hydroxyl groups excluding tert-OH is 1. The largest absolute Gasteiger partial charge is 0.390 e. The predicted octanol–water partition coefficient (Wildman–Crippen LogP) is 2.53. The Morgan fingerprint density at radius 2 is 2.07 bits per heavy atom. The van der Waals surface area contributed by atoms with E-state index >= 15 is 0 Å². The maximum absolute atomic E-state index is 9.60. The Labute approximate surface area is 91.2 Å². The molecular weight excluding hydrogens is 188 g/mol. The van der Waals surface area contributed by atoms with Crippen molar-refractivity contribution in [2.45, 2.75) is 32.2 Å². The Balaban J connectivity index is 2.34. The molecule has 2 atom stereocenters. The number of aliphatic hydroxyl groups is 1. The molecule has 1 rings (SSSR count). The molecule has 0 aliphatic carbocycles. The van der Waals surface area contributed by atoms with Crippen LogP contribution in [0, 0.1) is 0 Å². The quantitative estimate of drug-likeness (QED) is 0.725. The van der Waals surface area contributed by atoms with Gasteiger partial charge in [0.1, 0.15) is 0 Å². The van der Waals surface area contributed by atoms with Crippen LogP contribution >= 0.6 is 0 Å². The van der Waals surface area contributed by atoms with Gasteiger partial charge in [-0.15, -0.1) is 6.58 Å². The molecule has 2 nitrogen and oxygen atoms in total. The topological polar surface area (TPSA) is 29.5 Å². The molecule has 0 aliphatic heterocycles. The van der Waals surface area contributed by atoms with Gasteiger partial charge in [0.15, 0.2) is 0 Å². The SMILES string of the molecule is C=CCC(O)C(C)OCc1ccccc1. The second kappa shape index (κ2) is 6.38. The first-order valence-corrected chi connectivity index (χ1v) is 5.18. The summed E-state index contributed by atoms with van der Waals surface area (Å²) in [5, 5.41) is 9.60. The summed E-state index contributed by atoms with van der Waals surface area (Å²) in [6, 6.07) is 9.94. The van der Waals surface area contributed by atoms with Gasteiger partial charge < -0.3 is 9.84 Å². The summed E-state index contributed by atoms with van der Waals surface area (Å²) in [5.74, 6) is 0. The van der Waals surface area contributed by atoms with Crippen LogP contribution < -0.4 is 0 Å². The third kappa shape index (κ3) is 4.28. The van der Waals surface area contributed by atoms with Crippen molar-refractivity contribution in [2.75, 3.05) is 0 Å². The number of hydrogen-bond acceptors (Lipinski definition) is 2. The van der Waals surface area contributed by atoms with Crippen molar-refractivity contribution >= 4 is 0 Å². The highest BCUT2D eigenvalue weighted by molar-refractivity contribution is 5.13.